The summed E-state index contributed by atoms with van der Waals surface area (Å²) in [6.07, 6.45) is 2.97. The minimum Gasteiger partial charge on any atom is -0.423 e. The molecule has 0 radical (unpaired) electrons. The smallest absolute Gasteiger partial charge is 0.423 e. The van der Waals surface area contributed by atoms with Crippen LogP contribution < -0.4 is 16.3 Å². The van der Waals surface area contributed by atoms with Gasteiger partial charge in [-0.15, -0.1) is 0 Å². The second kappa shape index (κ2) is 5.03. The summed E-state index contributed by atoms with van der Waals surface area (Å²) in [5, 5.41) is 21.1. The molecule has 6 nitrogen and oxygen atoms in total. The summed E-state index contributed by atoms with van der Waals surface area (Å²) in [5.41, 5.74) is 0.197. The molecule has 3 N–H and O–H groups in total. The lowest BCUT2D eigenvalue weighted by Gasteiger charge is -2.09. The van der Waals surface area contributed by atoms with Gasteiger partial charge in [0.2, 0.25) is 0 Å². The summed E-state index contributed by atoms with van der Waals surface area (Å²) in [6, 6.07) is 6.64. The molecule has 2 aromatic heterocycles. The van der Waals surface area contributed by atoms with E-state index in [1.807, 2.05) is 0 Å². The lowest BCUT2D eigenvalue weighted by atomic mass is 9.81. The standard InChI is InChI=1S/C11H12BN3O3/c1-15-7-8(12(17)18)6-9(11(15)16)14-10-4-2-3-5-13-10/h2-7,17-18H,1H3,(H,13,14). The van der Waals surface area contributed by atoms with Gasteiger partial charge in [-0.25, -0.2) is 4.98 Å². The Morgan fingerprint density at radius 3 is 2.78 bits per heavy atom. The number of rotatable bonds is 3. The fourth-order valence-electron chi connectivity index (χ4n) is 1.54. The Hall–Kier alpha value is -2.12. The summed E-state index contributed by atoms with van der Waals surface area (Å²) >= 11 is 0. The molecule has 0 amide bonds. The predicted octanol–water partition coefficient (Wildman–Crippen LogP) is -0.796. The molecule has 0 saturated carbocycles. The van der Waals surface area contributed by atoms with Crippen molar-refractivity contribution in [1.29, 1.82) is 0 Å². The quantitative estimate of drug-likeness (QED) is 0.616. The molecule has 0 aliphatic heterocycles. The Bertz CT molecular complexity index is 598. The number of aryl methyl sites for hydroxylation is 1. The molecule has 0 aliphatic carbocycles. The fourth-order valence-corrected chi connectivity index (χ4v) is 1.54. The van der Waals surface area contributed by atoms with Crippen molar-refractivity contribution in [2.45, 2.75) is 0 Å². The lowest BCUT2D eigenvalue weighted by molar-refractivity contribution is 0.425. The Balaban J connectivity index is 2.41. The van der Waals surface area contributed by atoms with E-state index >= 15 is 0 Å². The van der Waals surface area contributed by atoms with Crippen LogP contribution >= 0.6 is 0 Å². The zero-order chi connectivity index (χ0) is 13.1. The van der Waals surface area contributed by atoms with Crippen molar-refractivity contribution in [2.24, 2.45) is 7.05 Å². The Morgan fingerprint density at radius 2 is 2.17 bits per heavy atom. The van der Waals surface area contributed by atoms with Crippen LogP contribution in [0.1, 0.15) is 0 Å². The number of hydrogen-bond acceptors (Lipinski definition) is 5. The van der Waals surface area contributed by atoms with Gasteiger partial charge < -0.3 is 19.9 Å². The SMILES string of the molecule is Cn1cc(B(O)O)cc(Nc2ccccn2)c1=O. The van der Waals surface area contributed by atoms with Gasteiger partial charge in [-0.3, -0.25) is 4.79 Å². The van der Waals surface area contributed by atoms with E-state index in [4.69, 9.17) is 10.0 Å². The predicted molar refractivity (Wildman–Crippen MR) is 69.0 cm³/mol. The van der Waals surface area contributed by atoms with Crippen molar-refractivity contribution in [3.05, 3.63) is 47.0 Å². The average molecular weight is 245 g/mol. The first-order valence-corrected chi connectivity index (χ1v) is 5.32. The van der Waals surface area contributed by atoms with Crippen LogP contribution in [-0.4, -0.2) is 26.7 Å². The Kier molecular flexibility index (Phi) is 3.45. The van der Waals surface area contributed by atoms with Crippen molar-refractivity contribution < 1.29 is 10.0 Å². The maximum atomic E-state index is 11.9. The third-order valence-electron chi connectivity index (χ3n) is 2.43. The first kappa shape index (κ1) is 12.3. The van der Waals surface area contributed by atoms with Crippen molar-refractivity contribution in [3.63, 3.8) is 0 Å². The van der Waals surface area contributed by atoms with Gasteiger partial charge >= 0.3 is 7.12 Å². The Labute approximate surface area is 104 Å². The highest BCUT2D eigenvalue weighted by Crippen LogP contribution is 2.07. The lowest BCUT2D eigenvalue weighted by Crippen LogP contribution is -2.35. The van der Waals surface area contributed by atoms with Crippen LogP contribution in [0.25, 0.3) is 0 Å². The number of pyridine rings is 2. The summed E-state index contributed by atoms with van der Waals surface area (Å²) < 4.78 is 1.28. The minimum atomic E-state index is -1.62. The highest BCUT2D eigenvalue weighted by Gasteiger charge is 2.14. The van der Waals surface area contributed by atoms with Crippen molar-refractivity contribution >= 4 is 24.1 Å². The van der Waals surface area contributed by atoms with Gasteiger partial charge in [-0.1, -0.05) is 6.07 Å². The van der Waals surface area contributed by atoms with Gasteiger partial charge in [0.15, 0.2) is 0 Å². The van der Waals surface area contributed by atoms with Crippen LogP contribution in [0.3, 0.4) is 0 Å². The van der Waals surface area contributed by atoms with Crippen molar-refractivity contribution in [3.8, 4) is 0 Å². The van der Waals surface area contributed by atoms with E-state index in [0.717, 1.165) is 0 Å². The molecule has 0 fully saturated rings. The molecule has 0 bridgehead atoms. The molecule has 92 valence electrons. The monoisotopic (exact) mass is 245 g/mol. The van der Waals surface area contributed by atoms with Gasteiger partial charge in [0.05, 0.1) is 0 Å². The first-order valence-electron chi connectivity index (χ1n) is 5.32. The second-order valence-electron chi connectivity index (χ2n) is 3.82. The molecule has 0 unspecified atom stereocenters. The topological polar surface area (TPSA) is 87.4 Å². The molecule has 0 saturated heterocycles. The molecule has 2 heterocycles. The zero-order valence-electron chi connectivity index (χ0n) is 9.74. The molecule has 18 heavy (non-hydrogen) atoms. The molecule has 0 aromatic carbocycles. The number of nitrogens with zero attached hydrogens (tertiary/aromatic N) is 2. The zero-order valence-corrected chi connectivity index (χ0v) is 9.74. The van der Waals surface area contributed by atoms with Crippen LogP contribution in [0, 0.1) is 0 Å². The summed E-state index contributed by atoms with van der Waals surface area (Å²) in [5.74, 6) is 0.513. The maximum absolute atomic E-state index is 11.9. The van der Waals surface area contributed by atoms with E-state index in [1.54, 1.807) is 24.4 Å². The molecule has 0 aliphatic rings. The maximum Gasteiger partial charge on any atom is 0.490 e. The highest BCUT2D eigenvalue weighted by atomic mass is 16.4. The van der Waals surface area contributed by atoms with E-state index in [2.05, 4.69) is 10.3 Å². The molecular weight excluding hydrogens is 233 g/mol. The Morgan fingerprint density at radius 1 is 1.39 bits per heavy atom. The van der Waals surface area contributed by atoms with E-state index < -0.39 is 7.12 Å². The van der Waals surface area contributed by atoms with Crippen LogP contribution in [0.15, 0.2) is 41.5 Å². The van der Waals surface area contributed by atoms with Crippen LogP contribution in [0.4, 0.5) is 11.5 Å². The molecule has 2 aromatic rings. The van der Waals surface area contributed by atoms with Crippen molar-refractivity contribution in [1.82, 2.24) is 9.55 Å². The van der Waals surface area contributed by atoms with Gasteiger partial charge in [0, 0.05) is 24.9 Å². The summed E-state index contributed by atoms with van der Waals surface area (Å²) in [4.78, 5) is 15.9. The number of aromatic nitrogens is 2. The fraction of sp³-hybridized carbons (Fsp3) is 0.0909. The van der Waals surface area contributed by atoms with Gasteiger partial charge in [-0.05, 0) is 18.2 Å². The normalized spacial score (nSPS) is 10.2. The molecule has 2 rings (SSSR count). The number of anilines is 2. The summed E-state index contributed by atoms with van der Waals surface area (Å²) in [6.45, 7) is 0. The van der Waals surface area contributed by atoms with Crippen LogP contribution in [-0.2, 0) is 7.05 Å². The van der Waals surface area contributed by atoms with E-state index in [-0.39, 0.29) is 16.7 Å². The minimum absolute atomic E-state index is 0.232. The first-order chi connectivity index (χ1) is 8.58. The van der Waals surface area contributed by atoms with E-state index in [1.165, 1.54) is 23.9 Å². The molecule has 0 atom stereocenters. The van der Waals surface area contributed by atoms with Gasteiger partial charge in [-0.2, -0.15) is 0 Å². The van der Waals surface area contributed by atoms with E-state index in [0.29, 0.717) is 5.82 Å². The van der Waals surface area contributed by atoms with Crippen LogP contribution in [0.5, 0.6) is 0 Å². The molecule has 7 heteroatoms. The summed E-state index contributed by atoms with van der Waals surface area (Å²) in [7, 11) is -0.0845. The highest BCUT2D eigenvalue weighted by molar-refractivity contribution is 6.58. The van der Waals surface area contributed by atoms with E-state index in [9.17, 15) is 4.79 Å². The number of hydrogen-bond donors (Lipinski definition) is 3. The van der Waals surface area contributed by atoms with Crippen molar-refractivity contribution in [2.75, 3.05) is 5.32 Å². The second-order valence-corrected chi connectivity index (χ2v) is 3.82. The number of nitrogens with one attached hydrogen (secondary N) is 1. The average Bonchev–Trinajstić information content (AvgIpc) is 2.35. The largest absolute Gasteiger partial charge is 0.490 e. The van der Waals surface area contributed by atoms with Crippen LogP contribution in [0.2, 0.25) is 0 Å². The third-order valence-corrected chi connectivity index (χ3v) is 2.43. The van der Waals surface area contributed by atoms with Gasteiger partial charge in [0.25, 0.3) is 5.56 Å². The third kappa shape index (κ3) is 2.58. The molecule has 0 spiro atoms. The van der Waals surface area contributed by atoms with Gasteiger partial charge in [0.1, 0.15) is 11.5 Å². The molecular formula is C11H12BN3O3.